The molecular formula is C23H25ClN2O3. The number of nitrogens with zero attached hydrogens (tertiary/aromatic N) is 2. The minimum atomic E-state index is -0.659. The normalized spacial score (nSPS) is 18.7. The average Bonchev–Trinajstić information content (AvgIpc) is 2.93. The van der Waals surface area contributed by atoms with Crippen molar-refractivity contribution in [3.63, 3.8) is 0 Å². The van der Waals surface area contributed by atoms with E-state index in [4.69, 9.17) is 11.6 Å². The van der Waals surface area contributed by atoms with Crippen LogP contribution in [0.2, 0.25) is 5.02 Å². The summed E-state index contributed by atoms with van der Waals surface area (Å²) in [7, 11) is 3.92. The summed E-state index contributed by atoms with van der Waals surface area (Å²) in [6, 6.07) is 13.6. The highest BCUT2D eigenvalue weighted by molar-refractivity contribution is 6.46. The Morgan fingerprint density at radius 1 is 1.07 bits per heavy atom. The summed E-state index contributed by atoms with van der Waals surface area (Å²) >= 11 is 6.03. The Morgan fingerprint density at radius 3 is 2.28 bits per heavy atom. The molecule has 0 radical (unpaired) electrons. The molecule has 0 aromatic heterocycles. The molecule has 0 spiro atoms. The number of benzene rings is 2. The molecule has 1 aliphatic heterocycles. The molecule has 1 amide bonds. The number of carbonyl (C=O) groups is 2. The number of hydrogen-bond acceptors (Lipinski definition) is 4. The van der Waals surface area contributed by atoms with Crippen molar-refractivity contribution in [3.05, 3.63) is 75.8 Å². The van der Waals surface area contributed by atoms with Crippen LogP contribution in [0.4, 0.5) is 0 Å². The molecule has 1 N–H and O–H groups in total. The molecule has 1 atom stereocenters. The number of Topliss-reactive ketones (excluding diaryl/α,β-unsaturated/α-hetero) is 1. The molecule has 0 bridgehead atoms. The second-order valence-electron chi connectivity index (χ2n) is 7.57. The average molecular weight is 413 g/mol. The number of carbonyl (C=O) groups excluding carboxylic acids is 2. The summed E-state index contributed by atoms with van der Waals surface area (Å²) in [4.78, 5) is 29.3. The highest BCUT2D eigenvalue weighted by Crippen LogP contribution is 2.39. The first kappa shape index (κ1) is 21.1. The smallest absolute Gasteiger partial charge is 0.295 e. The van der Waals surface area contributed by atoms with Crippen LogP contribution < -0.4 is 0 Å². The Kier molecular flexibility index (Phi) is 6.40. The van der Waals surface area contributed by atoms with Gasteiger partial charge in [-0.15, -0.1) is 0 Å². The zero-order chi connectivity index (χ0) is 21.1. The van der Waals surface area contributed by atoms with E-state index in [1.807, 2.05) is 38.1 Å². The predicted molar refractivity (Wildman–Crippen MR) is 115 cm³/mol. The van der Waals surface area contributed by atoms with Crippen LogP contribution in [0.3, 0.4) is 0 Å². The van der Waals surface area contributed by atoms with Crippen molar-refractivity contribution in [1.82, 2.24) is 9.80 Å². The molecule has 1 fully saturated rings. The first-order valence-corrected chi connectivity index (χ1v) is 9.93. The minimum absolute atomic E-state index is 0.117. The van der Waals surface area contributed by atoms with Crippen LogP contribution in [0.5, 0.6) is 0 Å². The molecule has 29 heavy (non-hydrogen) atoms. The topological polar surface area (TPSA) is 60.9 Å². The molecular weight excluding hydrogens is 388 g/mol. The van der Waals surface area contributed by atoms with Crippen molar-refractivity contribution >= 4 is 29.1 Å². The van der Waals surface area contributed by atoms with Gasteiger partial charge in [-0.25, -0.2) is 0 Å². The lowest BCUT2D eigenvalue weighted by Crippen LogP contribution is -2.32. The van der Waals surface area contributed by atoms with Gasteiger partial charge in [-0.05, 0) is 51.7 Å². The van der Waals surface area contributed by atoms with Gasteiger partial charge in [-0.2, -0.15) is 0 Å². The standard InChI is InChI=1S/C23H25ClN2O3/c1-15-5-7-17(8-6-15)21(27)19-20(16-9-11-18(24)12-10-16)26(23(29)22(19)28)14-4-13-25(2)3/h5-12,20,27H,4,13-14H2,1-3H3/b21-19+/t20-/m1/s1. The van der Waals surface area contributed by atoms with E-state index in [1.54, 1.807) is 41.3 Å². The van der Waals surface area contributed by atoms with E-state index in [0.717, 1.165) is 17.7 Å². The van der Waals surface area contributed by atoms with Gasteiger partial charge >= 0.3 is 0 Å². The lowest BCUT2D eigenvalue weighted by atomic mass is 9.95. The van der Waals surface area contributed by atoms with Crippen LogP contribution in [0.25, 0.3) is 5.76 Å². The molecule has 152 valence electrons. The van der Waals surface area contributed by atoms with Gasteiger partial charge in [0.2, 0.25) is 0 Å². The number of hydrogen-bond donors (Lipinski definition) is 1. The summed E-state index contributed by atoms with van der Waals surface area (Å²) in [5, 5.41) is 11.5. The summed E-state index contributed by atoms with van der Waals surface area (Å²) in [6.07, 6.45) is 0.717. The molecule has 0 saturated carbocycles. The third-order valence-corrected chi connectivity index (χ3v) is 5.31. The number of rotatable bonds is 6. The fourth-order valence-corrected chi connectivity index (χ4v) is 3.65. The first-order chi connectivity index (χ1) is 13.8. The largest absolute Gasteiger partial charge is 0.507 e. The van der Waals surface area contributed by atoms with E-state index in [0.29, 0.717) is 23.6 Å². The van der Waals surface area contributed by atoms with Gasteiger partial charge in [-0.1, -0.05) is 53.6 Å². The summed E-state index contributed by atoms with van der Waals surface area (Å²) < 4.78 is 0. The number of likely N-dealkylation sites (tertiary alicyclic amines) is 1. The number of ketones is 1. The molecule has 0 aliphatic carbocycles. The van der Waals surface area contributed by atoms with Crippen LogP contribution in [0.15, 0.2) is 54.1 Å². The maximum absolute atomic E-state index is 12.9. The molecule has 5 nitrogen and oxygen atoms in total. The fourth-order valence-electron chi connectivity index (χ4n) is 3.53. The van der Waals surface area contributed by atoms with E-state index in [1.165, 1.54) is 0 Å². The lowest BCUT2D eigenvalue weighted by molar-refractivity contribution is -0.139. The number of amides is 1. The van der Waals surface area contributed by atoms with Crippen molar-refractivity contribution in [2.75, 3.05) is 27.2 Å². The van der Waals surface area contributed by atoms with Gasteiger partial charge in [0, 0.05) is 17.1 Å². The van der Waals surface area contributed by atoms with Gasteiger partial charge in [0.05, 0.1) is 11.6 Å². The molecule has 1 saturated heterocycles. The predicted octanol–water partition coefficient (Wildman–Crippen LogP) is 4.02. The van der Waals surface area contributed by atoms with Gasteiger partial charge in [0.1, 0.15) is 5.76 Å². The van der Waals surface area contributed by atoms with Crippen LogP contribution in [-0.4, -0.2) is 53.8 Å². The summed E-state index contributed by atoms with van der Waals surface area (Å²) in [5.74, 6) is -1.40. The molecule has 3 rings (SSSR count). The molecule has 6 heteroatoms. The van der Waals surface area contributed by atoms with Crippen molar-refractivity contribution in [2.24, 2.45) is 0 Å². The zero-order valence-electron chi connectivity index (χ0n) is 16.9. The Balaban J connectivity index is 2.07. The van der Waals surface area contributed by atoms with Gasteiger partial charge < -0.3 is 14.9 Å². The molecule has 2 aromatic rings. The van der Waals surface area contributed by atoms with E-state index in [9.17, 15) is 14.7 Å². The highest BCUT2D eigenvalue weighted by atomic mass is 35.5. The van der Waals surface area contributed by atoms with Crippen LogP contribution >= 0.6 is 11.6 Å². The quantitative estimate of drug-likeness (QED) is 0.442. The third-order valence-electron chi connectivity index (χ3n) is 5.06. The van der Waals surface area contributed by atoms with Gasteiger partial charge in [0.25, 0.3) is 11.7 Å². The number of aliphatic hydroxyl groups is 1. The van der Waals surface area contributed by atoms with E-state index < -0.39 is 17.7 Å². The van der Waals surface area contributed by atoms with Crippen LogP contribution in [0, 0.1) is 6.92 Å². The minimum Gasteiger partial charge on any atom is -0.507 e. The van der Waals surface area contributed by atoms with Crippen molar-refractivity contribution in [3.8, 4) is 0 Å². The van der Waals surface area contributed by atoms with Crippen LogP contribution in [0.1, 0.15) is 29.2 Å². The maximum Gasteiger partial charge on any atom is 0.295 e. The lowest BCUT2D eigenvalue weighted by Gasteiger charge is -2.26. The number of aliphatic hydroxyl groups excluding tert-OH is 1. The second kappa shape index (κ2) is 8.80. The third kappa shape index (κ3) is 4.52. The Hall–Kier alpha value is -2.63. The van der Waals surface area contributed by atoms with Crippen molar-refractivity contribution in [2.45, 2.75) is 19.4 Å². The van der Waals surface area contributed by atoms with E-state index >= 15 is 0 Å². The van der Waals surface area contributed by atoms with Gasteiger partial charge in [-0.3, -0.25) is 9.59 Å². The zero-order valence-corrected chi connectivity index (χ0v) is 17.6. The maximum atomic E-state index is 12.9. The molecule has 1 aliphatic rings. The van der Waals surface area contributed by atoms with E-state index in [2.05, 4.69) is 0 Å². The fraction of sp³-hybridized carbons (Fsp3) is 0.304. The van der Waals surface area contributed by atoms with Crippen molar-refractivity contribution < 1.29 is 14.7 Å². The number of halogens is 1. The first-order valence-electron chi connectivity index (χ1n) is 9.55. The molecule has 2 aromatic carbocycles. The summed E-state index contributed by atoms with van der Waals surface area (Å²) in [6.45, 7) is 3.15. The SMILES string of the molecule is Cc1ccc(/C(O)=C2\C(=O)C(=O)N(CCCN(C)C)[C@@H]2c2ccc(Cl)cc2)cc1. The van der Waals surface area contributed by atoms with Gasteiger partial charge in [0.15, 0.2) is 0 Å². The van der Waals surface area contributed by atoms with E-state index in [-0.39, 0.29) is 11.3 Å². The monoisotopic (exact) mass is 412 g/mol. The highest BCUT2D eigenvalue weighted by Gasteiger charge is 2.45. The van der Waals surface area contributed by atoms with Crippen LogP contribution in [-0.2, 0) is 9.59 Å². The Labute approximate surface area is 176 Å². The summed E-state index contributed by atoms with van der Waals surface area (Å²) in [5.41, 5.74) is 2.42. The molecule has 0 unspecified atom stereocenters. The Morgan fingerprint density at radius 2 is 1.69 bits per heavy atom. The second-order valence-corrected chi connectivity index (χ2v) is 8.00. The van der Waals surface area contributed by atoms with Crippen molar-refractivity contribution in [1.29, 1.82) is 0 Å². The number of aryl methyl sites for hydroxylation is 1. The Bertz CT molecular complexity index is 934. The molecule has 1 heterocycles.